The first-order valence-corrected chi connectivity index (χ1v) is 9.39. The normalized spacial score (nSPS) is 13.1. The van der Waals surface area contributed by atoms with Gasteiger partial charge < -0.3 is 0 Å². The van der Waals surface area contributed by atoms with E-state index in [0.29, 0.717) is 16.9 Å². The molecule has 0 aliphatic carbocycles. The Morgan fingerprint density at radius 1 is 1.36 bits per heavy atom. The Labute approximate surface area is 135 Å². The zero-order chi connectivity index (χ0) is 15.9. The van der Waals surface area contributed by atoms with E-state index in [0.717, 1.165) is 22.5 Å². The standard InChI is InChI=1S/C14H17N5OS2/c1-8(2)5-10-6-21-13-11(10)12(16-9(3)17-13)19-7-15-18-14(19)22(4)20/h6-8H,5H2,1-4H3. The molecule has 22 heavy (non-hydrogen) atoms. The first-order chi connectivity index (χ1) is 10.5. The zero-order valence-electron chi connectivity index (χ0n) is 12.9. The summed E-state index contributed by atoms with van der Waals surface area (Å²) in [4.78, 5) is 10.0. The van der Waals surface area contributed by atoms with Crippen molar-refractivity contribution in [2.45, 2.75) is 32.3 Å². The summed E-state index contributed by atoms with van der Waals surface area (Å²) < 4.78 is 13.6. The maximum Gasteiger partial charge on any atom is 0.226 e. The van der Waals surface area contributed by atoms with Gasteiger partial charge in [-0.2, -0.15) is 0 Å². The van der Waals surface area contributed by atoms with Gasteiger partial charge in [-0.3, -0.25) is 8.78 Å². The van der Waals surface area contributed by atoms with E-state index in [2.05, 4.69) is 39.4 Å². The number of rotatable bonds is 4. The molecule has 6 nitrogen and oxygen atoms in total. The van der Waals surface area contributed by atoms with Gasteiger partial charge in [-0.15, -0.1) is 21.5 Å². The van der Waals surface area contributed by atoms with Crippen LogP contribution in [0.3, 0.4) is 0 Å². The molecular formula is C14H17N5OS2. The van der Waals surface area contributed by atoms with Crippen molar-refractivity contribution in [1.82, 2.24) is 24.7 Å². The third kappa shape index (κ3) is 2.68. The van der Waals surface area contributed by atoms with Crippen molar-refractivity contribution in [2.75, 3.05) is 6.26 Å². The number of fused-ring (bicyclic) bond motifs is 1. The van der Waals surface area contributed by atoms with E-state index in [1.165, 1.54) is 5.56 Å². The average molecular weight is 335 g/mol. The molecule has 1 atom stereocenters. The van der Waals surface area contributed by atoms with Gasteiger partial charge in [-0.1, -0.05) is 13.8 Å². The molecule has 0 aliphatic heterocycles. The summed E-state index contributed by atoms with van der Waals surface area (Å²) in [5.41, 5.74) is 1.21. The highest BCUT2D eigenvalue weighted by molar-refractivity contribution is 7.84. The van der Waals surface area contributed by atoms with Gasteiger partial charge in [0.15, 0.2) is 5.82 Å². The minimum atomic E-state index is -1.23. The smallest absolute Gasteiger partial charge is 0.226 e. The number of aryl methyl sites for hydroxylation is 1. The lowest BCUT2D eigenvalue weighted by molar-refractivity contribution is 0.650. The van der Waals surface area contributed by atoms with Gasteiger partial charge in [0.05, 0.1) is 16.2 Å². The molecule has 3 aromatic heterocycles. The first kappa shape index (κ1) is 15.2. The molecule has 0 aliphatic rings. The van der Waals surface area contributed by atoms with E-state index in [4.69, 9.17) is 0 Å². The van der Waals surface area contributed by atoms with Gasteiger partial charge in [-0.25, -0.2) is 9.97 Å². The number of hydrogen-bond acceptors (Lipinski definition) is 6. The van der Waals surface area contributed by atoms with E-state index in [1.807, 2.05) is 6.92 Å². The number of hydrogen-bond donors (Lipinski definition) is 0. The Morgan fingerprint density at radius 3 is 2.82 bits per heavy atom. The van der Waals surface area contributed by atoms with Crippen LogP contribution in [0.25, 0.3) is 16.0 Å². The van der Waals surface area contributed by atoms with Crippen LogP contribution in [0.1, 0.15) is 25.2 Å². The predicted octanol–water partition coefficient (Wildman–Crippen LogP) is 2.52. The molecule has 3 rings (SSSR count). The molecule has 0 amide bonds. The second-order valence-corrected chi connectivity index (χ2v) is 7.70. The highest BCUT2D eigenvalue weighted by Gasteiger charge is 2.19. The maximum atomic E-state index is 11.9. The quantitative estimate of drug-likeness (QED) is 0.732. The highest BCUT2D eigenvalue weighted by atomic mass is 32.2. The number of aromatic nitrogens is 5. The van der Waals surface area contributed by atoms with Crippen molar-refractivity contribution < 1.29 is 4.21 Å². The zero-order valence-corrected chi connectivity index (χ0v) is 14.5. The third-order valence-electron chi connectivity index (χ3n) is 3.23. The van der Waals surface area contributed by atoms with Gasteiger partial charge in [0.1, 0.15) is 17.0 Å². The topological polar surface area (TPSA) is 73.6 Å². The van der Waals surface area contributed by atoms with Gasteiger partial charge in [0.2, 0.25) is 5.16 Å². The first-order valence-electron chi connectivity index (χ1n) is 6.96. The van der Waals surface area contributed by atoms with Crippen LogP contribution in [0.15, 0.2) is 16.9 Å². The lowest BCUT2D eigenvalue weighted by Gasteiger charge is -2.09. The monoisotopic (exact) mass is 335 g/mol. The van der Waals surface area contributed by atoms with Crippen molar-refractivity contribution in [3.63, 3.8) is 0 Å². The molecule has 3 heterocycles. The van der Waals surface area contributed by atoms with Crippen LogP contribution in [0, 0.1) is 12.8 Å². The van der Waals surface area contributed by atoms with Crippen LogP contribution in [-0.4, -0.2) is 35.2 Å². The summed E-state index contributed by atoms with van der Waals surface area (Å²) in [6.45, 7) is 6.23. The number of thiophene rings is 1. The van der Waals surface area contributed by atoms with Gasteiger partial charge in [0, 0.05) is 6.26 Å². The van der Waals surface area contributed by atoms with E-state index in [1.54, 1.807) is 28.5 Å². The van der Waals surface area contributed by atoms with Crippen molar-refractivity contribution in [3.8, 4) is 5.82 Å². The predicted molar refractivity (Wildman–Crippen MR) is 87.9 cm³/mol. The fourth-order valence-electron chi connectivity index (χ4n) is 2.41. The molecule has 3 aromatic rings. The molecule has 0 aromatic carbocycles. The lowest BCUT2D eigenvalue weighted by atomic mass is 10.0. The Bertz CT molecular complexity index is 852. The van der Waals surface area contributed by atoms with Gasteiger partial charge in [0.25, 0.3) is 0 Å². The summed E-state index contributed by atoms with van der Waals surface area (Å²) in [6.07, 6.45) is 4.11. The minimum Gasteiger partial charge on any atom is -0.257 e. The Morgan fingerprint density at radius 2 is 2.14 bits per heavy atom. The van der Waals surface area contributed by atoms with Crippen molar-refractivity contribution in [3.05, 3.63) is 23.1 Å². The maximum absolute atomic E-state index is 11.9. The fraction of sp³-hybridized carbons (Fsp3) is 0.429. The molecule has 0 saturated heterocycles. The van der Waals surface area contributed by atoms with Crippen molar-refractivity contribution >= 4 is 32.4 Å². The lowest BCUT2D eigenvalue weighted by Crippen LogP contribution is -2.07. The summed E-state index contributed by atoms with van der Waals surface area (Å²) in [5.74, 6) is 1.93. The fourth-order valence-corrected chi connectivity index (χ4v) is 3.98. The molecule has 116 valence electrons. The molecular weight excluding hydrogens is 318 g/mol. The molecule has 0 N–H and O–H groups in total. The largest absolute Gasteiger partial charge is 0.257 e. The Kier molecular flexibility index (Phi) is 4.05. The van der Waals surface area contributed by atoms with Crippen LogP contribution in [0.5, 0.6) is 0 Å². The Balaban J connectivity index is 2.29. The van der Waals surface area contributed by atoms with Gasteiger partial charge >= 0.3 is 0 Å². The summed E-state index contributed by atoms with van der Waals surface area (Å²) in [5, 5.41) is 11.4. The molecule has 0 radical (unpaired) electrons. The molecule has 8 heteroatoms. The van der Waals surface area contributed by atoms with Crippen LogP contribution >= 0.6 is 11.3 Å². The van der Waals surface area contributed by atoms with Crippen molar-refractivity contribution in [2.24, 2.45) is 5.92 Å². The molecule has 0 fully saturated rings. The van der Waals surface area contributed by atoms with Crippen LogP contribution in [0.4, 0.5) is 0 Å². The second-order valence-electron chi connectivity index (χ2n) is 5.57. The van der Waals surface area contributed by atoms with Crippen molar-refractivity contribution in [1.29, 1.82) is 0 Å². The summed E-state index contributed by atoms with van der Waals surface area (Å²) >= 11 is 1.61. The Hall–Kier alpha value is -1.67. The molecule has 0 spiro atoms. The van der Waals surface area contributed by atoms with Crippen LogP contribution in [-0.2, 0) is 17.2 Å². The summed E-state index contributed by atoms with van der Waals surface area (Å²) in [6, 6.07) is 0. The molecule has 0 saturated carbocycles. The highest BCUT2D eigenvalue weighted by Crippen LogP contribution is 2.31. The molecule has 0 bridgehead atoms. The van der Waals surface area contributed by atoms with E-state index >= 15 is 0 Å². The minimum absolute atomic E-state index is 0.404. The van der Waals surface area contributed by atoms with Crippen LogP contribution in [0.2, 0.25) is 0 Å². The second kappa shape index (κ2) is 5.85. The SMILES string of the molecule is Cc1nc(-n2cnnc2S(C)=O)c2c(CC(C)C)csc2n1. The average Bonchev–Trinajstić information content (AvgIpc) is 3.04. The van der Waals surface area contributed by atoms with E-state index < -0.39 is 10.8 Å². The molecule has 1 unspecified atom stereocenters. The van der Waals surface area contributed by atoms with Gasteiger partial charge in [-0.05, 0) is 30.2 Å². The van der Waals surface area contributed by atoms with E-state index in [9.17, 15) is 4.21 Å². The van der Waals surface area contributed by atoms with Crippen LogP contribution < -0.4 is 0 Å². The number of nitrogens with zero attached hydrogens (tertiary/aromatic N) is 5. The summed E-state index contributed by atoms with van der Waals surface area (Å²) in [7, 11) is -1.23. The third-order valence-corrected chi connectivity index (χ3v) is 4.95. The van der Waals surface area contributed by atoms with E-state index in [-0.39, 0.29) is 0 Å².